The summed E-state index contributed by atoms with van der Waals surface area (Å²) in [5.41, 5.74) is 2.11. The molecule has 14 heavy (non-hydrogen) atoms. The third kappa shape index (κ3) is 1.89. The maximum atomic E-state index is 2.37. The van der Waals surface area contributed by atoms with E-state index < -0.39 is 0 Å². The van der Waals surface area contributed by atoms with Crippen LogP contribution in [0.1, 0.15) is 39.2 Å². The van der Waals surface area contributed by atoms with Gasteiger partial charge in [-0.2, -0.15) is 0 Å². The van der Waals surface area contributed by atoms with Gasteiger partial charge < -0.3 is 10.1 Å². The van der Waals surface area contributed by atoms with E-state index in [9.17, 15) is 0 Å². The molecule has 3 N–H and O–H groups in total. The monoisotopic (exact) mass is 216 g/mol. The Morgan fingerprint density at radius 2 is 2.07 bits per heavy atom. The molecule has 2 nitrogen and oxygen atoms in total. The summed E-state index contributed by atoms with van der Waals surface area (Å²) in [5, 5.41) is 0. The molecule has 1 heterocycles. The van der Waals surface area contributed by atoms with Gasteiger partial charge in [-0.1, -0.05) is 32.3 Å². The molecule has 0 bridgehead atoms. The van der Waals surface area contributed by atoms with E-state index in [-0.39, 0.29) is 7.58 Å². The summed E-state index contributed by atoms with van der Waals surface area (Å²) in [6, 6.07) is 0. The van der Waals surface area contributed by atoms with Gasteiger partial charge in [0.1, 0.15) is 0 Å². The van der Waals surface area contributed by atoms with Gasteiger partial charge in [-0.15, -0.1) is 0 Å². The van der Waals surface area contributed by atoms with Crippen LogP contribution in [0.25, 0.3) is 0 Å². The van der Waals surface area contributed by atoms with Crippen molar-refractivity contribution in [1.82, 2.24) is 10.1 Å². The number of aryl methyl sites for hydroxylation is 1. The maximum absolute atomic E-state index is 2.37. The molecule has 2 rings (SSSR count). The molecule has 1 aromatic rings. The minimum atomic E-state index is 0. The van der Waals surface area contributed by atoms with E-state index in [0.717, 1.165) is 5.92 Å². The zero-order chi connectivity index (χ0) is 9.64. The Balaban J connectivity index is 0.000000980. The van der Waals surface area contributed by atoms with Crippen molar-refractivity contribution in [3.8, 4) is 0 Å². The minimum Gasteiger partial charge on any atom is -0.344 e. The van der Waals surface area contributed by atoms with Crippen molar-refractivity contribution < 1.29 is 1.43 Å². The Labute approximate surface area is 92.5 Å². The largest absolute Gasteiger partial charge is 0.344 e. The summed E-state index contributed by atoms with van der Waals surface area (Å²) in [6.07, 6.45) is 4.02. The Bertz CT molecular complexity index is 309. The fourth-order valence-corrected chi connectivity index (χ4v) is 3.37. The van der Waals surface area contributed by atoms with Crippen LogP contribution in [-0.4, -0.2) is 3.96 Å². The molecule has 0 amide bonds. The summed E-state index contributed by atoms with van der Waals surface area (Å²) in [4.78, 5) is 1.66. The standard InChI is InChI=1S/C11H19NS.H3N.H2/c1-11(2,3)8-5-6-9-10(7-8)13-12(9)4;;/h8H,5-7H2,1-4H3;1H3;1H. The summed E-state index contributed by atoms with van der Waals surface area (Å²) in [6.45, 7) is 7.11. The molecule has 0 fully saturated rings. The van der Waals surface area contributed by atoms with E-state index in [2.05, 4.69) is 31.8 Å². The highest BCUT2D eigenvalue weighted by atomic mass is 32.1. The molecule has 84 valence electrons. The maximum Gasteiger partial charge on any atom is 0.0424 e. The van der Waals surface area contributed by atoms with Gasteiger partial charge in [0.05, 0.1) is 0 Å². The van der Waals surface area contributed by atoms with Crippen molar-refractivity contribution in [2.45, 2.75) is 40.0 Å². The number of nitrogens with zero attached hydrogens (tertiary/aromatic N) is 1. The van der Waals surface area contributed by atoms with Crippen molar-refractivity contribution in [1.29, 1.82) is 0 Å². The van der Waals surface area contributed by atoms with E-state index >= 15 is 0 Å². The SMILES string of the molecule is Cn1sc2c1CCC(C(C)(C)C)C2.N.[HH]. The van der Waals surface area contributed by atoms with Crippen LogP contribution in [0.5, 0.6) is 0 Å². The van der Waals surface area contributed by atoms with Crippen LogP contribution in [0.2, 0.25) is 0 Å². The summed E-state index contributed by atoms with van der Waals surface area (Å²) in [5.74, 6) is 0.896. The van der Waals surface area contributed by atoms with Crippen molar-refractivity contribution in [3.63, 3.8) is 0 Å². The van der Waals surface area contributed by atoms with Gasteiger partial charge >= 0.3 is 0 Å². The van der Waals surface area contributed by atoms with Crippen molar-refractivity contribution in [2.75, 3.05) is 0 Å². The Morgan fingerprint density at radius 1 is 1.43 bits per heavy atom. The first kappa shape index (κ1) is 11.8. The number of aromatic nitrogens is 1. The lowest BCUT2D eigenvalue weighted by Gasteiger charge is -2.36. The molecule has 1 atom stereocenters. The Morgan fingerprint density at radius 3 is 2.50 bits per heavy atom. The van der Waals surface area contributed by atoms with Crippen LogP contribution in [0.15, 0.2) is 0 Å². The topological polar surface area (TPSA) is 39.9 Å². The molecule has 1 aliphatic carbocycles. The number of hydrogen-bond acceptors (Lipinski definition) is 2. The first-order valence-corrected chi connectivity index (χ1v) is 5.89. The highest BCUT2D eigenvalue weighted by Crippen LogP contribution is 2.40. The molecule has 1 aromatic heterocycles. The van der Waals surface area contributed by atoms with Crippen LogP contribution in [-0.2, 0) is 19.9 Å². The molecule has 0 radical (unpaired) electrons. The van der Waals surface area contributed by atoms with Crippen LogP contribution >= 0.6 is 11.5 Å². The van der Waals surface area contributed by atoms with Gasteiger partial charge in [0, 0.05) is 19.0 Å². The highest BCUT2D eigenvalue weighted by Gasteiger charge is 2.31. The third-order valence-corrected chi connectivity index (χ3v) is 4.45. The summed E-state index contributed by atoms with van der Waals surface area (Å²) < 4.78 is 2.33. The smallest absolute Gasteiger partial charge is 0.0424 e. The van der Waals surface area contributed by atoms with Gasteiger partial charge in [-0.05, 0) is 30.6 Å². The first-order valence-electron chi connectivity index (χ1n) is 5.12. The van der Waals surface area contributed by atoms with Crippen molar-refractivity contribution >= 4 is 11.5 Å². The second kappa shape index (κ2) is 3.70. The van der Waals surface area contributed by atoms with Crippen LogP contribution < -0.4 is 6.15 Å². The number of hydrogen-bond donors (Lipinski definition) is 1. The number of fused-ring (bicyclic) bond motifs is 1. The normalized spacial score (nSPS) is 21.6. The fraction of sp³-hybridized carbons (Fsp3) is 0.818. The molecule has 0 spiro atoms. The molecule has 0 aromatic carbocycles. The highest BCUT2D eigenvalue weighted by molar-refractivity contribution is 7.07. The van der Waals surface area contributed by atoms with Gasteiger partial charge in [0.25, 0.3) is 0 Å². The predicted molar refractivity (Wildman–Crippen MR) is 65.4 cm³/mol. The molecule has 0 saturated heterocycles. The van der Waals surface area contributed by atoms with E-state index in [1.807, 2.05) is 11.5 Å². The van der Waals surface area contributed by atoms with Crippen LogP contribution in [0, 0.1) is 11.3 Å². The van der Waals surface area contributed by atoms with Gasteiger partial charge in [0.15, 0.2) is 0 Å². The third-order valence-electron chi connectivity index (χ3n) is 3.34. The van der Waals surface area contributed by atoms with E-state index in [1.165, 1.54) is 19.3 Å². The fourth-order valence-electron chi connectivity index (χ4n) is 2.24. The number of rotatable bonds is 0. The minimum absolute atomic E-state index is 0. The van der Waals surface area contributed by atoms with Crippen LogP contribution in [0.3, 0.4) is 0 Å². The second-order valence-electron chi connectivity index (χ2n) is 5.26. The zero-order valence-electron chi connectivity index (χ0n) is 9.76. The van der Waals surface area contributed by atoms with Crippen LogP contribution in [0.4, 0.5) is 0 Å². The summed E-state index contributed by atoms with van der Waals surface area (Å²) >= 11 is 1.95. The molecular formula is C11H24N2S. The van der Waals surface area contributed by atoms with Crippen molar-refractivity contribution in [3.05, 3.63) is 10.6 Å². The summed E-state index contributed by atoms with van der Waals surface area (Å²) in [7, 11) is 2.18. The molecule has 1 aliphatic rings. The van der Waals surface area contributed by atoms with Crippen molar-refractivity contribution in [2.24, 2.45) is 18.4 Å². The van der Waals surface area contributed by atoms with E-state index in [1.54, 1.807) is 10.6 Å². The Kier molecular flexibility index (Phi) is 3.12. The van der Waals surface area contributed by atoms with Gasteiger partial charge in [-0.3, -0.25) is 0 Å². The lowest BCUT2D eigenvalue weighted by Crippen LogP contribution is -2.29. The Hall–Kier alpha value is -0.280. The lowest BCUT2D eigenvalue weighted by molar-refractivity contribution is 0.214. The molecular weight excluding hydrogens is 192 g/mol. The van der Waals surface area contributed by atoms with E-state index in [0.29, 0.717) is 5.41 Å². The quantitative estimate of drug-likeness (QED) is 0.706. The molecule has 1 unspecified atom stereocenters. The van der Waals surface area contributed by atoms with E-state index in [4.69, 9.17) is 0 Å². The van der Waals surface area contributed by atoms with Gasteiger partial charge in [0.2, 0.25) is 0 Å². The zero-order valence-corrected chi connectivity index (χ0v) is 10.6. The average Bonchev–Trinajstić information content (AvgIpc) is 2.00. The average molecular weight is 216 g/mol. The van der Waals surface area contributed by atoms with Gasteiger partial charge in [-0.25, -0.2) is 0 Å². The first-order chi connectivity index (χ1) is 5.98. The lowest BCUT2D eigenvalue weighted by atomic mass is 9.73. The predicted octanol–water partition coefficient (Wildman–Crippen LogP) is 3.65. The molecule has 3 heteroatoms. The molecule has 0 aliphatic heterocycles. The molecule has 0 saturated carbocycles. The second-order valence-corrected chi connectivity index (χ2v) is 6.49.